The molecule has 98 valence electrons. The van der Waals surface area contributed by atoms with E-state index in [9.17, 15) is 4.79 Å². The lowest BCUT2D eigenvalue weighted by Crippen LogP contribution is -2.12. The van der Waals surface area contributed by atoms with E-state index in [-0.39, 0.29) is 5.91 Å². The van der Waals surface area contributed by atoms with Gasteiger partial charge in [0.1, 0.15) is 0 Å². The summed E-state index contributed by atoms with van der Waals surface area (Å²) in [6.07, 6.45) is 0.762. The summed E-state index contributed by atoms with van der Waals surface area (Å²) in [4.78, 5) is 12.3. The minimum atomic E-state index is -0.0292. The first-order valence-electron chi connectivity index (χ1n) is 6.43. The molecule has 0 aliphatic carbocycles. The number of para-hydroxylation sites is 2. The Hall–Kier alpha value is -2.07. The molecule has 0 bridgehead atoms. The van der Waals surface area contributed by atoms with Gasteiger partial charge in [-0.1, -0.05) is 36.4 Å². The van der Waals surface area contributed by atoms with Crippen molar-refractivity contribution in [1.82, 2.24) is 0 Å². The van der Waals surface area contributed by atoms with Crippen LogP contribution in [0.5, 0.6) is 0 Å². The van der Waals surface area contributed by atoms with Crippen molar-refractivity contribution in [3.63, 3.8) is 0 Å². The number of hydrogen-bond donors (Lipinski definition) is 1. The molecule has 2 aliphatic heterocycles. The van der Waals surface area contributed by atoms with Crippen molar-refractivity contribution in [3.05, 3.63) is 65.4 Å². The van der Waals surface area contributed by atoms with Gasteiger partial charge in [-0.25, -0.2) is 0 Å². The monoisotopic (exact) mass is 326 g/mol. The molecule has 0 unspecified atom stereocenters. The van der Waals surface area contributed by atoms with E-state index in [0.717, 1.165) is 34.6 Å². The second-order valence-corrected chi connectivity index (χ2v) is 5.62. The minimum absolute atomic E-state index is 0.0292. The number of rotatable bonds is 0. The van der Waals surface area contributed by atoms with E-state index in [4.69, 9.17) is 0 Å². The van der Waals surface area contributed by atoms with Crippen LogP contribution in [0.25, 0.3) is 5.57 Å². The quantitative estimate of drug-likeness (QED) is 0.591. The smallest absolute Gasteiger partial charge is 0.258 e. The fourth-order valence-corrected chi connectivity index (χ4v) is 3.49. The molecule has 2 heterocycles. The number of allylic oxidation sites excluding steroid dienone is 1. The number of carbonyl (C=O) groups is 1. The Morgan fingerprint density at radius 2 is 1.80 bits per heavy atom. The van der Waals surface area contributed by atoms with Crippen LogP contribution in [0.4, 0.5) is 11.4 Å². The van der Waals surface area contributed by atoms with Gasteiger partial charge in [-0.05, 0) is 17.7 Å². The van der Waals surface area contributed by atoms with Crippen LogP contribution in [-0.2, 0) is 11.2 Å². The van der Waals surface area contributed by atoms with Gasteiger partial charge in [0, 0.05) is 23.4 Å². The number of halogens is 1. The van der Waals surface area contributed by atoms with Crippen molar-refractivity contribution in [2.24, 2.45) is 0 Å². The van der Waals surface area contributed by atoms with E-state index in [1.54, 1.807) is 0 Å². The zero-order chi connectivity index (χ0) is 13.7. The highest BCUT2D eigenvalue weighted by Crippen LogP contribution is 2.43. The maximum atomic E-state index is 12.3. The van der Waals surface area contributed by atoms with E-state index in [1.165, 1.54) is 5.56 Å². The fourth-order valence-electron chi connectivity index (χ4n) is 2.84. The van der Waals surface area contributed by atoms with Gasteiger partial charge < -0.3 is 5.32 Å². The molecule has 2 aromatic carbocycles. The van der Waals surface area contributed by atoms with E-state index in [1.807, 2.05) is 40.3 Å². The number of hydrogen-bond acceptors (Lipinski definition) is 2. The summed E-state index contributed by atoms with van der Waals surface area (Å²) >= 11 is 3.59. The number of anilines is 2. The highest BCUT2D eigenvalue weighted by atomic mass is 79.9. The molecule has 0 fully saturated rings. The van der Waals surface area contributed by atoms with E-state index in [0.29, 0.717) is 0 Å². The first-order chi connectivity index (χ1) is 9.75. The van der Waals surface area contributed by atoms with E-state index in [2.05, 4.69) is 33.6 Å². The molecule has 20 heavy (non-hydrogen) atoms. The van der Waals surface area contributed by atoms with Crippen LogP contribution in [0.15, 0.2) is 54.2 Å². The van der Waals surface area contributed by atoms with Gasteiger partial charge in [0.25, 0.3) is 5.91 Å². The number of benzene rings is 2. The molecule has 4 heteroatoms. The summed E-state index contributed by atoms with van der Waals surface area (Å²) in [6.45, 7) is 0. The van der Waals surface area contributed by atoms with Crippen LogP contribution in [0.1, 0.15) is 11.1 Å². The van der Waals surface area contributed by atoms with E-state index < -0.39 is 0 Å². The number of amides is 1. The maximum Gasteiger partial charge on any atom is 0.258 e. The van der Waals surface area contributed by atoms with Gasteiger partial charge in [-0.15, -0.1) is 0 Å². The Kier molecular flexibility index (Phi) is 2.47. The molecule has 0 aromatic heterocycles. The second kappa shape index (κ2) is 4.21. The fraction of sp³-hybridized carbons (Fsp3) is 0.0625. The molecule has 2 aromatic rings. The van der Waals surface area contributed by atoms with E-state index >= 15 is 0 Å². The standard InChI is InChI=1S/C16H11BrN2O/c17-19-13-8-4-1-5-10(13)9-14(19)15-11-6-2-3-7-12(11)18-16(15)20/h1-8H,9H2,(H,18,20). The Labute approximate surface area is 125 Å². The first-order valence-corrected chi connectivity index (χ1v) is 7.14. The lowest BCUT2D eigenvalue weighted by atomic mass is 10.0. The number of carbonyl (C=O) groups excluding carboxylic acids is 1. The molecule has 1 N–H and O–H groups in total. The van der Waals surface area contributed by atoms with Crippen LogP contribution >= 0.6 is 16.1 Å². The third-order valence-electron chi connectivity index (χ3n) is 3.76. The highest BCUT2D eigenvalue weighted by molar-refractivity contribution is 9.10. The van der Waals surface area contributed by atoms with Gasteiger partial charge in [0.15, 0.2) is 0 Å². The van der Waals surface area contributed by atoms with Crippen LogP contribution < -0.4 is 9.24 Å². The minimum Gasteiger partial charge on any atom is -0.321 e. The van der Waals surface area contributed by atoms with Crippen LogP contribution in [0, 0.1) is 0 Å². The Bertz CT molecular complexity index is 767. The first kappa shape index (κ1) is 11.7. The molecule has 0 saturated heterocycles. The second-order valence-electron chi connectivity index (χ2n) is 4.91. The summed E-state index contributed by atoms with van der Waals surface area (Å²) in [5.41, 5.74) is 5.94. The Morgan fingerprint density at radius 3 is 2.65 bits per heavy atom. The molecular weight excluding hydrogens is 316 g/mol. The lowest BCUT2D eigenvalue weighted by Gasteiger charge is -2.13. The average Bonchev–Trinajstić information content (AvgIpc) is 2.96. The van der Waals surface area contributed by atoms with Crippen molar-refractivity contribution >= 4 is 39.0 Å². The summed E-state index contributed by atoms with van der Waals surface area (Å²) in [7, 11) is 0. The predicted molar refractivity (Wildman–Crippen MR) is 83.5 cm³/mol. The van der Waals surface area contributed by atoms with Gasteiger partial charge in [-0.2, -0.15) is 0 Å². The number of nitrogens with zero attached hydrogens (tertiary/aromatic N) is 1. The maximum absolute atomic E-state index is 12.3. The van der Waals surface area contributed by atoms with Crippen molar-refractivity contribution in [3.8, 4) is 0 Å². The van der Waals surface area contributed by atoms with Crippen LogP contribution in [0.3, 0.4) is 0 Å². The third-order valence-corrected chi connectivity index (χ3v) is 4.57. The molecule has 0 spiro atoms. The molecule has 0 radical (unpaired) electrons. The molecule has 0 saturated carbocycles. The van der Waals surface area contributed by atoms with Crippen LogP contribution in [-0.4, -0.2) is 5.91 Å². The molecule has 4 rings (SSSR count). The SMILES string of the molecule is O=C1Nc2ccccc2C1=C1Cc2ccccc2N1Br. The molecular formula is C16H11BrN2O. The molecule has 2 aliphatic rings. The summed E-state index contributed by atoms with van der Waals surface area (Å²) in [5.74, 6) is -0.0292. The highest BCUT2D eigenvalue weighted by Gasteiger charge is 2.33. The summed E-state index contributed by atoms with van der Waals surface area (Å²) < 4.78 is 1.94. The Balaban J connectivity index is 1.92. The summed E-state index contributed by atoms with van der Waals surface area (Å²) in [6, 6.07) is 16.0. The van der Waals surface area contributed by atoms with Crippen LogP contribution in [0.2, 0.25) is 0 Å². The lowest BCUT2D eigenvalue weighted by molar-refractivity contribution is -0.110. The van der Waals surface area contributed by atoms with Crippen molar-refractivity contribution in [2.75, 3.05) is 9.24 Å². The topological polar surface area (TPSA) is 32.3 Å². The summed E-state index contributed by atoms with van der Waals surface area (Å²) in [5, 5.41) is 2.93. The Morgan fingerprint density at radius 1 is 1.05 bits per heavy atom. The van der Waals surface area contributed by atoms with Gasteiger partial charge in [0.2, 0.25) is 0 Å². The third kappa shape index (κ3) is 1.55. The van der Waals surface area contributed by atoms with Gasteiger partial charge in [0.05, 0.1) is 27.4 Å². The van der Waals surface area contributed by atoms with Crippen molar-refractivity contribution in [1.29, 1.82) is 0 Å². The van der Waals surface area contributed by atoms with Gasteiger partial charge in [-0.3, -0.25) is 8.72 Å². The average molecular weight is 327 g/mol. The number of fused-ring (bicyclic) bond motifs is 2. The zero-order valence-electron chi connectivity index (χ0n) is 10.6. The largest absolute Gasteiger partial charge is 0.321 e. The van der Waals surface area contributed by atoms with Crippen molar-refractivity contribution in [2.45, 2.75) is 6.42 Å². The molecule has 3 nitrogen and oxygen atoms in total. The molecule has 0 atom stereocenters. The molecule has 1 amide bonds. The predicted octanol–water partition coefficient (Wildman–Crippen LogP) is 3.72. The van der Waals surface area contributed by atoms with Gasteiger partial charge >= 0.3 is 0 Å². The normalized spacial score (nSPS) is 19.9. The van der Waals surface area contributed by atoms with Crippen molar-refractivity contribution < 1.29 is 4.79 Å². The zero-order valence-corrected chi connectivity index (χ0v) is 12.1. The number of nitrogens with one attached hydrogen (secondary N) is 1.